The topological polar surface area (TPSA) is 94.2 Å². The number of aromatic nitrogens is 1. The Labute approximate surface area is 133 Å². The third kappa shape index (κ3) is 4.22. The number of pyridine rings is 1. The van der Waals surface area contributed by atoms with E-state index in [0.717, 1.165) is 6.07 Å². The second kappa shape index (κ2) is 6.57. The number of hydrogen-bond acceptors (Lipinski definition) is 3. The highest BCUT2D eigenvalue weighted by Crippen LogP contribution is 2.28. The van der Waals surface area contributed by atoms with Crippen molar-refractivity contribution in [2.75, 3.05) is 5.32 Å². The Morgan fingerprint density at radius 3 is 2.25 bits per heavy atom. The fourth-order valence-electron chi connectivity index (χ4n) is 1.95. The SMILES string of the molecule is NC(=O)Nc1ccc(C(=O)Cn2cc(C(F)(F)F)ccc2=O)cc1. The van der Waals surface area contributed by atoms with E-state index in [0.29, 0.717) is 22.5 Å². The molecular weight excluding hydrogens is 327 g/mol. The molecule has 2 rings (SSSR count). The lowest BCUT2D eigenvalue weighted by Gasteiger charge is -2.10. The maximum Gasteiger partial charge on any atom is 0.417 e. The Balaban J connectivity index is 2.20. The van der Waals surface area contributed by atoms with E-state index >= 15 is 0 Å². The number of ketones is 1. The number of hydrogen-bond donors (Lipinski definition) is 2. The first-order chi connectivity index (χ1) is 11.2. The van der Waals surface area contributed by atoms with Gasteiger partial charge >= 0.3 is 12.2 Å². The first-order valence-corrected chi connectivity index (χ1v) is 6.64. The van der Waals surface area contributed by atoms with Gasteiger partial charge in [0.15, 0.2) is 5.78 Å². The summed E-state index contributed by atoms with van der Waals surface area (Å²) < 4.78 is 38.7. The van der Waals surface area contributed by atoms with E-state index in [1.54, 1.807) is 0 Å². The number of anilines is 1. The van der Waals surface area contributed by atoms with Gasteiger partial charge in [-0.2, -0.15) is 13.2 Å². The molecule has 1 heterocycles. The van der Waals surface area contributed by atoms with Gasteiger partial charge in [0, 0.05) is 23.5 Å². The van der Waals surface area contributed by atoms with Crippen LogP contribution in [0.4, 0.5) is 23.7 Å². The van der Waals surface area contributed by atoms with Crippen LogP contribution in [0.3, 0.4) is 0 Å². The highest BCUT2D eigenvalue weighted by molar-refractivity contribution is 5.96. The van der Waals surface area contributed by atoms with E-state index < -0.39 is 35.7 Å². The smallest absolute Gasteiger partial charge is 0.351 e. The maximum atomic E-state index is 12.7. The third-order valence-corrected chi connectivity index (χ3v) is 3.10. The molecule has 0 radical (unpaired) electrons. The molecular formula is C15H12F3N3O3. The molecule has 3 N–H and O–H groups in total. The molecule has 0 bridgehead atoms. The number of Topliss-reactive ketones (excluding diaryl/α,β-unsaturated/α-hetero) is 1. The van der Waals surface area contributed by atoms with Crippen molar-refractivity contribution in [2.24, 2.45) is 5.73 Å². The molecule has 0 atom stereocenters. The average molecular weight is 339 g/mol. The van der Waals surface area contributed by atoms with Crippen molar-refractivity contribution in [3.8, 4) is 0 Å². The zero-order valence-electron chi connectivity index (χ0n) is 12.1. The monoisotopic (exact) mass is 339 g/mol. The summed E-state index contributed by atoms with van der Waals surface area (Å²) in [5.74, 6) is -0.554. The highest BCUT2D eigenvalue weighted by Gasteiger charge is 2.31. The molecule has 24 heavy (non-hydrogen) atoms. The lowest BCUT2D eigenvalue weighted by atomic mass is 10.1. The van der Waals surface area contributed by atoms with E-state index in [9.17, 15) is 27.6 Å². The van der Waals surface area contributed by atoms with E-state index in [-0.39, 0.29) is 5.56 Å². The summed E-state index contributed by atoms with van der Waals surface area (Å²) in [5, 5.41) is 2.30. The average Bonchev–Trinajstić information content (AvgIpc) is 2.48. The van der Waals surface area contributed by atoms with E-state index in [1.165, 1.54) is 24.3 Å². The highest BCUT2D eigenvalue weighted by atomic mass is 19.4. The van der Waals surface area contributed by atoms with Crippen LogP contribution in [-0.4, -0.2) is 16.4 Å². The minimum absolute atomic E-state index is 0.175. The van der Waals surface area contributed by atoms with Gasteiger partial charge in [-0.05, 0) is 30.3 Å². The Kier molecular flexibility index (Phi) is 4.72. The Hall–Kier alpha value is -3.10. The lowest BCUT2D eigenvalue weighted by Crippen LogP contribution is -2.25. The molecule has 0 spiro atoms. The lowest BCUT2D eigenvalue weighted by molar-refractivity contribution is -0.138. The largest absolute Gasteiger partial charge is 0.417 e. The van der Waals surface area contributed by atoms with Crippen LogP contribution >= 0.6 is 0 Å². The number of alkyl halides is 3. The summed E-state index contributed by atoms with van der Waals surface area (Å²) in [4.78, 5) is 34.4. The number of rotatable bonds is 4. The van der Waals surface area contributed by atoms with Crippen molar-refractivity contribution in [3.63, 3.8) is 0 Å². The summed E-state index contributed by atoms with van der Waals surface area (Å²) in [6, 6.07) is 6.20. The summed E-state index contributed by atoms with van der Waals surface area (Å²) in [6.45, 7) is -0.536. The number of benzene rings is 1. The molecule has 126 valence electrons. The van der Waals surface area contributed by atoms with Crippen LogP contribution in [0.15, 0.2) is 47.4 Å². The van der Waals surface area contributed by atoms with E-state index in [1.807, 2.05) is 0 Å². The summed E-state index contributed by atoms with van der Waals surface area (Å²) in [6.07, 6.45) is -4.01. The number of nitrogens with zero attached hydrogens (tertiary/aromatic N) is 1. The normalized spacial score (nSPS) is 11.1. The predicted octanol–water partition coefficient (Wildman–Crippen LogP) is 2.24. The van der Waals surface area contributed by atoms with Gasteiger partial charge in [-0.1, -0.05) is 0 Å². The van der Waals surface area contributed by atoms with Gasteiger partial charge in [-0.3, -0.25) is 9.59 Å². The van der Waals surface area contributed by atoms with Gasteiger partial charge in [0.05, 0.1) is 12.1 Å². The molecule has 6 nitrogen and oxygen atoms in total. The quantitative estimate of drug-likeness (QED) is 0.837. The number of carbonyl (C=O) groups is 2. The van der Waals surface area contributed by atoms with Gasteiger partial charge in [0.25, 0.3) is 5.56 Å². The molecule has 0 unspecified atom stereocenters. The first kappa shape index (κ1) is 17.3. The molecule has 0 aliphatic heterocycles. The number of carbonyl (C=O) groups excluding carboxylic acids is 2. The first-order valence-electron chi connectivity index (χ1n) is 6.64. The van der Waals surface area contributed by atoms with Gasteiger partial charge in [0.2, 0.25) is 0 Å². The van der Waals surface area contributed by atoms with Crippen molar-refractivity contribution in [2.45, 2.75) is 12.7 Å². The number of halogens is 3. The fourth-order valence-corrected chi connectivity index (χ4v) is 1.95. The standard InChI is InChI=1S/C15H12F3N3O3/c16-15(17,18)10-3-6-13(23)21(7-10)8-12(22)9-1-4-11(5-2-9)20-14(19)24/h1-7H,8H2,(H3,19,20,24). The summed E-state index contributed by atoms with van der Waals surface area (Å²) >= 11 is 0. The maximum absolute atomic E-state index is 12.7. The molecule has 2 aromatic rings. The van der Waals surface area contributed by atoms with Gasteiger partial charge in [-0.25, -0.2) is 4.79 Å². The zero-order chi connectivity index (χ0) is 17.9. The van der Waals surface area contributed by atoms with Crippen LogP contribution < -0.4 is 16.6 Å². The molecule has 0 saturated carbocycles. The van der Waals surface area contributed by atoms with Crippen LogP contribution in [0, 0.1) is 0 Å². The van der Waals surface area contributed by atoms with Crippen molar-refractivity contribution in [1.82, 2.24) is 4.57 Å². The molecule has 0 fully saturated rings. The predicted molar refractivity (Wildman–Crippen MR) is 79.7 cm³/mol. The van der Waals surface area contributed by atoms with Crippen molar-refractivity contribution in [3.05, 3.63) is 64.1 Å². The van der Waals surface area contributed by atoms with E-state index in [2.05, 4.69) is 5.32 Å². The second-order valence-corrected chi connectivity index (χ2v) is 4.87. The van der Waals surface area contributed by atoms with Crippen LogP contribution in [0.2, 0.25) is 0 Å². The van der Waals surface area contributed by atoms with Gasteiger partial charge in [0.1, 0.15) is 0 Å². The summed E-state index contributed by atoms with van der Waals surface area (Å²) in [5.41, 5.74) is 3.74. The van der Waals surface area contributed by atoms with Crippen LogP contribution in [0.5, 0.6) is 0 Å². The molecule has 2 amide bonds. The van der Waals surface area contributed by atoms with Gasteiger partial charge in [-0.15, -0.1) is 0 Å². The van der Waals surface area contributed by atoms with E-state index in [4.69, 9.17) is 5.73 Å². The molecule has 0 aliphatic carbocycles. The van der Waals surface area contributed by atoms with Crippen LogP contribution in [0.25, 0.3) is 0 Å². The third-order valence-electron chi connectivity index (χ3n) is 3.10. The Morgan fingerprint density at radius 2 is 1.71 bits per heavy atom. The fraction of sp³-hybridized carbons (Fsp3) is 0.133. The van der Waals surface area contributed by atoms with Crippen LogP contribution in [0.1, 0.15) is 15.9 Å². The molecule has 0 saturated heterocycles. The molecule has 1 aromatic carbocycles. The number of urea groups is 1. The van der Waals surface area contributed by atoms with Crippen LogP contribution in [-0.2, 0) is 12.7 Å². The van der Waals surface area contributed by atoms with Gasteiger partial charge < -0.3 is 15.6 Å². The number of nitrogens with one attached hydrogen (secondary N) is 1. The van der Waals surface area contributed by atoms with Crippen molar-refractivity contribution >= 4 is 17.5 Å². The Morgan fingerprint density at radius 1 is 1.08 bits per heavy atom. The molecule has 9 heteroatoms. The second-order valence-electron chi connectivity index (χ2n) is 4.87. The number of amides is 2. The van der Waals surface area contributed by atoms with Crippen molar-refractivity contribution in [1.29, 1.82) is 0 Å². The number of primary amides is 1. The zero-order valence-corrected chi connectivity index (χ0v) is 12.1. The molecule has 1 aromatic heterocycles. The minimum Gasteiger partial charge on any atom is -0.351 e. The molecule has 0 aliphatic rings. The van der Waals surface area contributed by atoms with Crippen molar-refractivity contribution < 1.29 is 22.8 Å². The number of nitrogens with two attached hydrogens (primary N) is 1. The summed E-state index contributed by atoms with van der Waals surface area (Å²) in [7, 11) is 0. The minimum atomic E-state index is -4.61. The Bertz CT molecular complexity index is 826.